The summed E-state index contributed by atoms with van der Waals surface area (Å²) in [6.45, 7) is 4.13. The van der Waals surface area contributed by atoms with E-state index in [-0.39, 0.29) is 25.1 Å². The van der Waals surface area contributed by atoms with Gasteiger partial charge >= 0.3 is 0 Å². The smallest absolute Gasteiger partial charge is 0.0938 e. The van der Waals surface area contributed by atoms with Crippen molar-refractivity contribution in [2.45, 2.75) is 26.5 Å². The third-order valence-electron chi connectivity index (χ3n) is 2.46. The minimum atomic E-state index is -0.00749. The molecule has 0 aliphatic carbocycles. The summed E-state index contributed by atoms with van der Waals surface area (Å²) in [7, 11) is 0. The molecule has 5 heteroatoms. The number of nitrogens with zero attached hydrogens (tertiary/aromatic N) is 3. The zero-order valence-corrected chi connectivity index (χ0v) is 10.7. The minimum absolute atomic E-state index is 0. The molecule has 2 rings (SSSR count). The molecule has 0 atom stereocenters. The number of pyridine rings is 1. The molecule has 4 nitrogen and oxygen atoms in total. The van der Waals surface area contributed by atoms with Crippen LogP contribution in [0.5, 0.6) is 0 Å². The molecule has 1 N–H and O–H groups in total. The molecule has 0 spiro atoms. The van der Waals surface area contributed by atoms with E-state index in [0.29, 0.717) is 0 Å². The Bertz CT molecular complexity index is 482. The SMILES string of the molecule is CC(C)n1nccc1-c1ncccc1CO.Cl. The first kappa shape index (κ1) is 13.7. The second-order valence-corrected chi connectivity index (χ2v) is 3.92. The Morgan fingerprint density at radius 2 is 2.06 bits per heavy atom. The van der Waals surface area contributed by atoms with Crippen LogP contribution in [0.1, 0.15) is 25.5 Å². The van der Waals surface area contributed by atoms with Gasteiger partial charge in [0.2, 0.25) is 0 Å². The lowest BCUT2D eigenvalue weighted by Gasteiger charge is -2.12. The van der Waals surface area contributed by atoms with Crippen LogP contribution in [0.3, 0.4) is 0 Å². The molecule has 2 aromatic rings. The molecule has 0 radical (unpaired) electrons. The molecule has 0 fully saturated rings. The quantitative estimate of drug-likeness (QED) is 0.914. The van der Waals surface area contributed by atoms with Crippen LogP contribution in [0.4, 0.5) is 0 Å². The van der Waals surface area contributed by atoms with Gasteiger partial charge in [0.15, 0.2) is 0 Å². The van der Waals surface area contributed by atoms with Crippen molar-refractivity contribution in [3.8, 4) is 11.4 Å². The van der Waals surface area contributed by atoms with E-state index in [1.807, 2.05) is 22.9 Å². The summed E-state index contributed by atoms with van der Waals surface area (Å²) < 4.78 is 1.90. The lowest BCUT2D eigenvalue weighted by molar-refractivity contribution is 0.282. The fourth-order valence-corrected chi connectivity index (χ4v) is 1.71. The Kier molecular flexibility index (Phi) is 4.66. The summed E-state index contributed by atoms with van der Waals surface area (Å²) in [4.78, 5) is 4.31. The van der Waals surface area contributed by atoms with Gasteiger partial charge in [0.1, 0.15) is 0 Å². The van der Waals surface area contributed by atoms with Gasteiger partial charge in [0.05, 0.1) is 18.0 Å². The lowest BCUT2D eigenvalue weighted by atomic mass is 10.1. The first-order chi connectivity index (χ1) is 7.74. The fraction of sp³-hybridized carbons (Fsp3) is 0.333. The zero-order valence-electron chi connectivity index (χ0n) is 9.87. The minimum Gasteiger partial charge on any atom is -0.392 e. The van der Waals surface area contributed by atoms with E-state index < -0.39 is 0 Å². The average Bonchev–Trinajstić information content (AvgIpc) is 2.77. The van der Waals surface area contributed by atoms with Gasteiger partial charge in [-0.15, -0.1) is 12.4 Å². The van der Waals surface area contributed by atoms with Crippen molar-refractivity contribution in [3.05, 3.63) is 36.2 Å². The molecular weight excluding hydrogens is 238 g/mol. The second kappa shape index (κ2) is 5.80. The van der Waals surface area contributed by atoms with Crippen molar-refractivity contribution < 1.29 is 5.11 Å². The van der Waals surface area contributed by atoms with E-state index in [9.17, 15) is 5.11 Å². The van der Waals surface area contributed by atoms with E-state index in [1.54, 1.807) is 12.4 Å². The Morgan fingerprint density at radius 3 is 2.71 bits per heavy atom. The molecule has 0 saturated heterocycles. The molecule has 0 bridgehead atoms. The predicted molar refractivity (Wildman–Crippen MR) is 69.0 cm³/mol. The molecule has 17 heavy (non-hydrogen) atoms. The van der Waals surface area contributed by atoms with Crippen molar-refractivity contribution in [2.75, 3.05) is 0 Å². The van der Waals surface area contributed by atoms with Gasteiger partial charge in [-0.1, -0.05) is 6.07 Å². The van der Waals surface area contributed by atoms with E-state index in [1.165, 1.54) is 0 Å². The van der Waals surface area contributed by atoms with Gasteiger partial charge in [-0.25, -0.2) is 0 Å². The van der Waals surface area contributed by atoms with Gasteiger partial charge in [-0.3, -0.25) is 9.67 Å². The number of hydrogen-bond acceptors (Lipinski definition) is 3. The molecule has 2 heterocycles. The highest BCUT2D eigenvalue weighted by atomic mass is 35.5. The lowest BCUT2D eigenvalue weighted by Crippen LogP contribution is -2.06. The zero-order chi connectivity index (χ0) is 11.5. The summed E-state index contributed by atoms with van der Waals surface area (Å²) >= 11 is 0. The van der Waals surface area contributed by atoms with Crippen LogP contribution in [-0.2, 0) is 6.61 Å². The molecule has 2 aromatic heterocycles. The monoisotopic (exact) mass is 253 g/mol. The maximum absolute atomic E-state index is 9.28. The average molecular weight is 254 g/mol. The number of rotatable bonds is 3. The summed E-state index contributed by atoms with van der Waals surface area (Å²) in [5.41, 5.74) is 2.57. The van der Waals surface area contributed by atoms with Crippen LogP contribution in [0.15, 0.2) is 30.6 Å². The number of hydrogen-bond donors (Lipinski definition) is 1. The molecule has 0 aliphatic heterocycles. The number of aromatic nitrogens is 3. The van der Waals surface area contributed by atoms with Gasteiger partial charge in [-0.05, 0) is 26.0 Å². The normalized spacial score (nSPS) is 10.4. The number of aliphatic hydroxyl groups is 1. The molecule has 0 aliphatic rings. The first-order valence-electron chi connectivity index (χ1n) is 5.32. The summed E-state index contributed by atoms with van der Waals surface area (Å²) in [6.07, 6.45) is 3.48. The van der Waals surface area contributed by atoms with Gasteiger partial charge in [0, 0.05) is 24.0 Å². The molecule has 0 aromatic carbocycles. The van der Waals surface area contributed by atoms with Crippen molar-refractivity contribution in [2.24, 2.45) is 0 Å². The maximum atomic E-state index is 9.28. The van der Waals surface area contributed by atoms with Crippen molar-refractivity contribution in [1.82, 2.24) is 14.8 Å². The third-order valence-corrected chi connectivity index (χ3v) is 2.46. The van der Waals surface area contributed by atoms with Gasteiger partial charge < -0.3 is 5.11 Å². The largest absolute Gasteiger partial charge is 0.392 e. The Morgan fingerprint density at radius 1 is 1.29 bits per heavy atom. The molecule has 0 saturated carbocycles. The van der Waals surface area contributed by atoms with Gasteiger partial charge in [0.25, 0.3) is 0 Å². The number of halogens is 1. The van der Waals surface area contributed by atoms with Crippen molar-refractivity contribution in [1.29, 1.82) is 0 Å². The van der Waals surface area contributed by atoms with Crippen LogP contribution in [0.2, 0.25) is 0 Å². The standard InChI is InChI=1S/C12H15N3O.ClH/c1-9(2)15-11(5-7-14-15)12-10(8-16)4-3-6-13-12;/h3-7,9,16H,8H2,1-2H3;1H. The van der Waals surface area contributed by atoms with Crippen molar-refractivity contribution >= 4 is 12.4 Å². The summed E-state index contributed by atoms with van der Waals surface area (Å²) in [5.74, 6) is 0. The van der Waals surface area contributed by atoms with Crippen LogP contribution in [0, 0.1) is 0 Å². The second-order valence-electron chi connectivity index (χ2n) is 3.92. The van der Waals surface area contributed by atoms with E-state index in [4.69, 9.17) is 0 Å². The highest BCUT2D eigenvalue weighted by molar-refractivity contribution is 5.85. The predicted octanol–water partition coefficient (Wildman–Crippen LogP) is 2.44. The van der Waals surface area contributed by atoms with Gasteiger partial charge in [-0.2, -0.15) is 5.10 Å². The highest BCUT2D eigenvalue weighted by Gasteiger charge is 2.12. The topological polar surface area (TPSA) is 50.9 Å². The van der Waals surface area contributed by atoms with Crippen LogP contribution in [0.25, 0.3) is 11.4 Å². The Labute approximate surface area is 107 Å². The Hall–Kier alpha value is -1.39. The van der Waals surface area contributed by atoms with Crippen LogP contribution < -0.4 is 0 Å². The van der Waals surface area contributed by atoms with E-state index >= 15 is 0 Å². The molecule has 0 amide bonds. The summed E-state index contributed by atoms with van der Waals surface area (Å²) in [6, 6.07) is 5.89. The Balaban J connectivity index is 0.00000144. The van der Waals surface area contributed by atoms with E-state index in [0.717, 1.165) is 17.0 Å². The van der Waals surface area contributed by atoms with Crippen LogP contribution >= 0.6 is 12.4 Å². The van der Waals surface area contributed by atoms with E-state index in [2.05, 4.69) is 23.9 Å². The molecule has 92 valence electrons. The van der Waals surface area contributed by atoms with Crippen LogP contribution in [-0.4, -0.2) is 19.9 Å². The number of aliphatic hydroxyl groups excluding tert-OH is 1. The van der Waals surface area contributed by atoms with Crippen molar-refractivity contribution in [3.63, 3.8) is 0 Å². The molecular formula is C12H16ClN3O. The fourth-order valence-electron chi connectivity index (χ4n) is 1.71. The highest BCUT2D eigenvalue weighted by Crippen LogP contribution is 2.23. The third kappa shape index (κ3) is 2.65. The first-order valence-corrected chi connectivity index (χ1v) is 5.32. The summed E-state index contributed by atoms with van der Waals surface area (Å²) in [5, 5.41) is 13.5. The molecule has 0 unspecified atom stereocenters. The maximum Gasteiger partial charge on any atom is 0.0938 e.